The Morgan fingerprint density at radius 3 is 2.87 bits per heavy atom. The van der Waals surface area contributed by atoms with Gasteiger partial charge in [-0.3, -0.25) is 4.79 Å². The predicted molar refractivity (Wildman–Crippen MR) is 56.8 cm³/mol. The van der Waals surface area contributed by atoms with Crippen molar-refractivity contribution in [2.45, 2.75) is 6.54 Å². The Kier molecular flexibility index (Phi) is 2.78. The van der Waals surface area contributed by atoms with Crippen LogP contribution in [0.5, 0.6) is 0 Å². The van der Waals surface area contributed by atoms with E-state index in [2.05, 4.69) is 10.1 Å². The third-order valence-electron chi connectivity index (χ3n) is 1.91. The quantitative estimate of drug-likeness (QED) is 0.719. The van der Waals surface area contributed by atoms with Crippen LogP contribution in [0.4, 0.5) is 0 Å². The van der Waals surface area contributed by atoms with Crippen molar-refractivity contribution in [3.05, 3.63) is 57.7 Å². The minimum absolute atomic E-state index is 0.132. The smallest absolute Gasteiger partial charge is 0.267 e. The van der Waals surface area contributed by atoms with Gasteiger partial charge in [-0.25, -0.2) is 9.67 Å². The van der Waals surface area contributed by atoms with Crippen LogP contribution in [-0.2, 0) is 6.54 Å². The molecule has 0 radical (unpaired) electrons. The lowest BCUT2D eigenvalue weighted by Gasteiger charge is -2.02. The van der Waals surface area contributed by atoms with Gasteiger partial charge in [0.15, 0.2) is 0 Å². The Balaban J connectivity index is 2.26. The van der Waals surface area contributed by atoms with Crippen molar-refractivity contribution in [1.29, 1.82) is 0 Å². The van der Waals surface area contributed by atoms with Gasteiger partial charge in [-0.15, -0.1) is 0 Å². The molecular weight excluding hydrogens is 214 g/mol. The zero-order chi connectivity index (χ0) is 10.7. The molecule has 76 valence electrons. The number of halogens is 1. The average molecular weight is 222 g/mol. The maximum atomic E-state index is 11.3. The van der Waals surface area contributed by atoms with Gasteiger partial charge in [0, 0.05) is 18.5 Å². The third-order valence-corrected chi connectivity index (χ3v) is 2.13. The Hall–Kier alpha value is -1.68. The number of hydrogen-bond acceptors (Lipinski definition) is 3. The van der Waals surface area contributed by atoms with Crippen LogP contribution < -0.4 is 5.56 Å². The molecular formula is C10H8ClN3O. The second-order valence-corrected chi connectivity index (χ2v) is 3.40. The van der Waals surface area contributed by atoms with Gasteiger partial charge < -0.3 is 0 Å². The van der Waals surface area contributed by atoms with E-state index in [0.29, 0.717) is 11.7 Å². The molecule has 0 aliphatic heterocycles. The van der Waals surface area contributed by atoms with Crippen molar-refractivity contribution in [3.8, 4) is 0 Å². The van der Waals surface area contributed by atoms with Gasteiger partial charge in [-0.2, -0.15) is 5.10 Å². The lowest BCUT2D eigenvalue weighted by molar-refractivity contribution is 0.637. The molecule has 15 heavy (non-hydrogen) atoms. The lowest BCUT2D eigenvalue weighted by Crippen LogP contribution is -2.21. The van der Waals surface area contributed by atoms with Crippen molar-refractivity contribution in [1.82, 2.24) is 14.8 Å². The Morgan fingerprint density at radius 1 is 1.33 bits per heavy atom. The minimum atomic E-state index is -0.132. The summed E-state index contributed by atoms with van der Waals surface area (Å²) < 4.78 is 1.37. The van der Waals surface area contributed by atoms with Crippen LogP contribution in [0.1, 0.15) is 5.56 Å². The number of rotatable bonds is 2. The summed E-state index contributed by atoms with van der Waals surface area (Å²) in [4.78, 5) is 15.3. The zero-order valence-corrected chi connectivity index (χ0v) is 8.55. The van der Waals surface area contributed by atoms with Crippen LogP contribution in [0.25, 0.3) is 0 Å². The number of hydrogen-bond donors (Lipinski definition) is 0. The molecule has 0 aromatic carbocycles. The summed E-state index contributed by atoms with van der Waals surface area (Å²) in [6.45, 7) is 0.407. The zero-order valence-electron chi connectivity index (χ0n) is 7.80. The molecule has 0 fully saturated rings. The van der Waals surface area contributed by atoms with Gasteiger partial charge >= 0.3 is 0 Å². The van der Waals surface area contributed by atoms with Crippen LogP contribution in [-0.4, -0.2) is 14.8 Å². The first-order valence-electron chi connectivity index (χ1n) is 4.38. The normalized spacial score (nSPS) is 10.2. The second-order valence-electron chi connectivity index (χ2n) is 3.01. The highest BCUT2D eigenvalue weighted by Crippen LogP contribution is 2.05. The van der Waals surface area contributed by atoms with Gasteiger partial charge in [-0.1, -0.05) is 17.7 Å². The summed E-state index contributed by atoms with van der Waals surface area (Å²) >= 11 is 5.65. The highest BCUT2D eigenvalue weighted by atomic mass is 35.5. The first kappa shape index (κ1) is 9.86. The summed E-state index contributed by atoms with van der Waals surface area (Å²) in [5, 5.41) is 4.38. The molecule has 4 nitrogen and oxygen atoms in total. The van der Waals surface area contributed by atoms with E-state index in [1.165, 1.54) is 10.7 Å². The maximum absolute atomic E-state index is 11.3. The first-order chi connectivity index (χ1) is 7.25. The van der Waals surface area contributed by atoms with E-state index in [9.17, 15) is 4.79 Å². The third kappa shape index (κ3) is 2.41. The van der Waals surface area contributed by atoms with E-state index >= 15 is 0 Å². The molecule has 2 aromatic heterocycles. The van der Waals surface area contributed by atoms with Crippen LogP contribution in [0.2, 0.25) is 5.15 Å². The summed E-state index contributed by atoms with van der Waals surface area (Å²) in [7, 11) is 0. The molecule has 0 aliphatic carbocycles. The van der Waals surface area contributed by atoms with Crippen LogP contribution in [0.15, 0.2) is 41.5 Å². The Labute approximate surface area is 91.2 Å². The molecule has 0 bridgehead atoms. The molecule has 0 saturated heterocycles. The molecule has 0 saturated carbocycles. The SMILES string of the molecule is O=c1cccnn1Cc1ccc(Cl)nc1. The monoisotopic (exact) mass is 221 g/mol. The summed E-state index contributed by atoms with van der Waals surface area (Å²) in [6.07, 6.45) is 3.20. The highest BCUT2D eigenvalue weighted by molar-refractivity contribution is 6.29. The second kappa shape index (κ2) is 4.23. The topological polar surface area (TPSA) is 47.8 Å². The summed E-state index contributed by atoms with van der Waals surface area (Å²) in [5.74, 6) is 0. The number of pyridine rings is 1. The van der Waals surface area contributed by atoms with E-state index in [0.717, 1.165) is 5.56 Å². The fourth-order valence-corrected chi connectivity index (χ4v) is 1.29. The highest BCUT2D eigenvalue weighted by Gasteiger charge is 1.98. The van der Waals surface area contributed by atoms with Crippen molar-refractivity contribution in [2.75, 3.05) is 0 Å². The average Bonchev–Trinajstić information content (AvgIpc) is 2.25. The number of nitrogens with zero attached hydrogens (tertiary/aromatic N) is 3. The molecule has 0 aliphatic rings. The van der Waals surface area contributed by atoms with E-state index in [1.807, 2.05) is 6.07 Å². The Morgan fingerprint density at radius 2 is 2.20 bits per heavy atom. The van der Waals surface area contributed by atoms with Crippen molar-refractivity contribution in [3.63, 3.8) is 0 Å². The molecule has 0 atom stereocenters. The van der Waals surface area contributed by atoms with Crippen LogP contribution in [0, 0.1) is 0 Å². The van der Waals surface area contributed by atoms with Crippen molar-refractivity contribution in [2.24, 2.45) is 0 Å². The Bertz CT molecular complexity index is 507. The predicted octanol–water partition coefficient (Wildman–Crippen LogP) is 1.34. The lowest BCUT2D eigenvalue weighted by atomic mass is 10.3. The van der Waals surface area contributed by atoms with Crippen molar-refractivity contribution < 1.29 is 0 Å². The van der Waals surface area contributed by atoms with E-state index in [4.69, 9.17) is 11.6 Å². The summed E-state index contributed by atoms with van der Waals surface area (Å²) in [5.41, 5.74) is 0.757. The molecule has 0 amide bonds. The standard InChI is InChI=1S/C10H8ClN3O/c11-9-4-3-8(6-12-9)7-14-10(15)2-1-5-13-14/h1-6H,7H2. The molecule has 2 heterocycles. The van der Waals surface area contributed by atoms with E-state index in [-0.39, 0.29) is 5.56 Å². The first-order valence-corrected chi connectivity index (χ1v) is 4.76. The van der Waals surface area contributed by atoms with Gasteiger partial charge in [-0.05, 0) is 17.7 Å². The molecule has 5 heteroatoms. The van der Waals surface area contributed by atoms with Gasteiger partial charge in [0.1, 0.15) is 5.15 Å². The molecule has 0 unspecified atom stereocenters. The number of aromatic nitrogens is 3. The molecule has 2 aromatic rings. The van der Waals surface area contributed by atoms with Gasteiger partial charge in [0.2, 0.25) is 0 Å². The van der Waals surface area contributed by atoms with Crippen molar-refractivity contribution >= 4 is 11.6 Å². The fraction of sp³-hybridized carbons (Fsp3) is 0.100. The van der Waals surface area contributed by atoms with Gasteiger partial charge in [0.05, 0.1) is 6.54 Å². The maximum Gasteiger partial charge on any atom is 0.267 e. The van der Waals surface area contributed by atoms with E-state index in [1.54, 1.807) is 24.5 Å². The van der Waals surface area contributed by atoms with Gasteiger partial charge in [0.25, 0.3) is 5.56 Å². The fourth-order valence-electron chi connectivity index (χ4n) is 1.18. The van der Waals surface area contributed by atoms with E-state index < -0.39 is 0 Å². The largest absolute Gasteiger partial charge is 0.268 e. The minimum Gasteiger partial charge on any atom is -0.268 e. The van der Waals surface area contributed by atoms with Crippen LogP contribution in [0.3, 0.4) is 0 Å². The van der Waals surface area contributed by atoms with Crippen LogP contribution >= 0.6 is 11.6 Å². The molecule has 0 N–H and O–H groups in total. The molecule has 2 rings (SSSR count). The summed E-state index contributed by atoms with van der Waals surface area (Å²) in [6, 6.07) is 6.58. The molecule has 0 spiro atoms.